The first-order valence-corrected chi connectivity index (χ1v) is 7.01. The van der Waals surface area contributed by atoms with E-state index in [2.05, 4.69) is 5.32 Å². The molecule has 0 saturated heterocycles. The van der Waals surface area contributed by atoms with E-state index in [1.54, 1.807) is 12.1 Å². The smallest absolute Gasteiger partial charge is 0.345 e. The Morgan fingerprint density at radius 2 is 1.95 bits per heavy atom. The second-order valence-electron chi connectivity index (χ2n) is 5.05. The highest BCUT2D eigenvalue weighted by Gasteiger charge is 2.15. The fourth-order valence-corrected chi connectivity index (χ4v) is 2.17. The van der Waals surface area contributed by atoms with Crippen molar-refractivity contribution in [1.29, 1.82) is 0 Å². The second-order valence-corrected chi connectivity index (χ2v) is 5.05. The van der Waals surface area contributed by atoms with Gasteiger partial charge >= 0.3 is 6.03 Å². The second kappa shape index (κ2) is 6.95. The van der Waals surface area contributed by atoms with E-state index in [0.717, 1.165) is 11.3 Å². The Balaban J connectivity index is 2.18. The number of aryl methyl sites for hydroxylation is 2. The zero-order valence-electron chi connectivity index (χ0n) is 13.0. The maximum atomic E-state index is 11.6. The Bertz CT molecular complexity index is 671. The van der Waals surface area contributed by atoms with Crippen LogP contribution >= 0.6 is 0 Å². The SMILES string of the molecule is CNC(=O)N(O)c1ccccc1COc1ccc(C)cc1C. The molecule has 2 aromatic rings. The van der Waals surface area contributed by atoms with Crippen molar-refractivity contribution in [3.8, 4) is 5.75 Å². The molecule has 0 aliphatic carbocycles. The number of benzene rings is 2. The molecule has 0 spiro atoms. The van der Waals surface area contributed by atoms with Gasteiger partial charge in [0.05, 0.1) is 5.69 Å². The van der Waals surface area contributed by atoms with Gasteiger partial charge in [0.15, 0.2) is 0 Å². The number of para-hydroxylation sites is 1. The van der Waals surface area contributed by atoms with Crippen LogP contribution in [0, 0.1) is 13.8 Å². The number of urea groups is 1. The maximum Gasteiger partial charge on any atom is 0.345 e. The van der Waals surface area contributed by atoms with Gasteiger partial charge in [-0.2, -0.15) is 5.06 Å². The van der Waals surface area contributed by atoms with E-state index in [-0.39, 0.29) is 6.61 Å². The Labute approximate surface area is 130 Å². The van der Waals surface area contributed by atoms with Crippen molar-refractivity contribution in [1.82, 2.24) is 5.32 Å². The number of anilines is 1. The highest BCUT2D eigenvalue weighted by molar-refractivity contribution is 5.90. The molecule has 0 fully saturated rings. The van der Waals surface area contributed by atoms with Crippen LogP contribution in [0.5, 0.6) is 5.75 Å². The number of hydrogen-bond donors (Lipinski definition) is 2. The number of amides is 2. The van der Waals surface area contributed by atoms with Gasteiger partial charge in [0, 0.05) is 12.6 Å². The molecule has 2 amide bonds. The van der Waals surface area contributed by atoms with Crippen molar-refractivity contribution in [3.05, 3.63) is 59.2 Å². The number of hydroxylamine groups is 1. The van der Waals surface area contributed by atoms with E-state index in [1.807, 2.05) is 44.2 Å². The molecule has 116 valence electrons. The van der Waals surface area contributed by atoms with E-state index in [1.165, 1.54) is 12.6 Å². The van der Waals surface area contributed by atoms with Gasteiger partial charge < -0.3 is 10.1 Å². The average Bonchev–Trinajstić information content (AvgIpc) is 2.53. The number of carbonyl (C=O) groups excluding carboxylic acids is 1. The number of ether oxygens (including phenoxy) is 1. The van der Waals surface area contributed by atoms with E-state index in [9.17, 15) is 10.0 Å². The largest absolute Gasteiger partial charge is 0.489 e. The molecule has 0 aliphatic rings. The van der Waals surface area contributed by atoms with Gasteiger partial charge in [-0.3, -0.25) is 5.21 Å². The monoisotopic (exact) mass is 300 g/mol. The van der Waals surface area contributed by atoms with Crippen LogP contribution in [0.4, 0.5) is 10.5 Å². The van der Waals surface area contributed by atoms with Crippen LogP contribution in [-0.4, -0.2) is 18.3 Å². The van der Waals surface area contributed by atoms with Crippen LogP contribution in [0.2, 0.25) is 0 Å². The van der Waals surface area contributed by atoms with Crippen LogP contribution < -0.4 is 15.1 Å². The molecule has 0 unspecified atom stereocenters. The maximum absolute atomic E-state index is 11.6. The third-order valence-electron chi connectivity index (χ3n) is 3.34. The molecule has 0 aliphatic heterocycles. The normalized spacial score (nSPS) is 10.2. The molecule has 0 saturated carbocycles. The van der Waals surface area contributed by atoms with Crippen LogP contribution in [0.25, 0.3) is 0 Å². The van der Waals surface area contributed by atoms with Gasteiger partial charge in [-0.25, -0.2) is 4.79 Å². The summed E-state index contributed by atoms with van der Waals surface area (Å²) in [5.41, 5.74) is 3.33. The molecule has 22 heavy (non-hydrogen) atoms. The number of hydrogen-bond acceptors (Lipinski definition) is 3. The van der Waals surface area contributed by atoms with Crippen molar-refractivity contribution in [2.45, 2.75) is 20.5 Å². The van der Waals surface area contributed by atoms with E-state index in [0.29, 0.717) is 16.3 Å². The summed E-state index contributed by atoms with van der Waals surface area (Å²) in [6, 6.07) is 12.4. The summed E-state index contributed by atoms with van der Waals surface area (Å²) in [7, 11) is 1.46. The Kier molecular flexibility index (Phi) is 5.01. The lowest BCUT2D eigenvalue weighted by Gasteiger charge is -2.18. The van der Waals surface area contributed by atoms with Gasteiger partial charge in [-0.15, -0.1) is 0 Å². The summed E-state index contributed by atoms with van der Waals surface area (Å²) in [4.78, 5) is 11.6. The fraction of sp³-hybridized carbons (Fsp3) is 0.235. The Morgan fingerprint density at radius 3 is 2.64 bits per heavy atom. The van der Waals surface area contributed by atoms with Crippen molar-refractivity contribution >= 4 is 11.7 Å². The minimum absolute atomic E-state index is 0.258. The number of carbonyl (C=O) groups is 1. The summed E-state index contributed by atoms with van der Waals surface area (Å²) in [5, 5.41) is 12.9. The average molecular weight is 300 g/mol. The lowest BCUT2D eigenvalue weighted by Crippen LogP contribution is -2.36. The molecule has 2 aromatic carbocycles. The Hall–Kier alpha value is -2.53. The molecular weight excluding hydrogens is 280 g/mol. The molecule has 5 heteroatoms. The standard InChI is InChI=1S/C17H20N2O3/c1-12-8-9-16(13(2)10-12)22-11-14-6-4-5-7-15(14)19(21)17(20)18-3/h4-10,21H,11H2,1-3H3,(H,18,20). The molecule has 0 radical (unpaired) electrons. The van der Waals surface area contributed by atoms with Crippen LogP contribution in [0.1, 0.15) is 16.7 Å². The molecule has 2 rings (SSSR count). The van der Waals surface area contributed by atoms with Gasteiger partial charge in [0.25, 0.3) is 0 Å². The van der Waals surface area contributed by atoms with Crippen molar-refractivity contribution in [3.63, 3.8) is 0 Å². The minimum atomic E-state index is -0.598. The Morgan fingerprint density at radius 1 is 1.23 bits per heavy atom. The lowest BCUT2D eigenvalue weighted by molar-refractivity contribution is 0.205. The van der Waals surface area contributed by atoms with Crippen molar-refractivity contribution < 1.29 is 14.7 Å². The zero-order valence-corrected chi connectivity index (χ0v) is 13.0. The van der Waals surface area contributed by atoms with Crippen LogP contribution in [0.15, 0.2) is 42.5 Å². The molecule has 0 bridgehead atoms. The number of nitrogens with one attached hydrogen (secondary N) is 1. The van der Waals surface area contributed by atoms with Gasteiger partial charge in [0.1, 0.15) is 12.4 Å². The van der Waals surface area contributed by atoms with Gasteiger partial charge in [0.2, 0.25) is 0 Å². The molecule has 0 heterocycles. The van der Waals surface area contributed by atoms with Crippen LogP contribution in [0.3, 0.4) is 0 Å². The highest BCUT2D eigenvalue weighted by atomic mass is 16.5. The summed E-state index contributed by atoms with van der Waals surface area (Å²) < 4.78 is 5.81. The quantitative estimate of drug-likeness (QED) is 0.672. The van der Waals surface area contributed by atoms with Crippen molar-refractivity contribution in [2.24, 2.45) is 0 Å². The highest BCUT2D eigenvalue weighted by Crippen LogP contribution is 2.24. The number of nitrogens with zero attached hydrogens (tertiary/aromatic N) is 1. The summed E-state index contributed by atoms with van der Waals surface area (Å²) in [6.45, 7) is 4.27. The predicted octanol–water partition coefficient (Wildman–Crippen LogP) is 3.42. The molecule has 5 nitrogen and oxygen atoms in total. The minimum Gasteiger partial charge on any atom is -0.489 e. The third kappa shape index (κ3) is 3.56. The topological polar surface area (TPSA) is 61.8 Å². The summed E-state index contributed by atoms with van der Waals surface area (Å²) in [5.74, 6) is 0.782. The van der Waals surface area contributed by atoms with E-state index in [4.69, 9.17) is 4.74 Å². The first-order chi connectivity index (χ1) is 10.5. The van der Waals surface area contributed by atoms with E-state index >= 15 is 0 Å². The van der Waals surface area contributed by atoms with Crippen LogP contribution in [-0.2, 0) is 6.61 Å². The number of rotatable bonds is 4. The molecule has 0 atom stereocenters. The summed E-state index contributed by atoms with van der Waals surface area (Å²) >= 11 is 0. The molecular formula is C17H20N2O3. The lowest BCUT2D eigenvalue weighted by atomic mass is 10.1. The molecule has 2 N–H and O–H groups in total. The van der Waals surface area contributed by atoms with Gasteiger partial charge in [-0.1, -0.05) is 35.9 Å². The zero-order chi connectivity index (χ0) is 16.1. The van der Waals surface area contributed by atoms with E-state index < -0.39 is 6.03 Å². The predicted molar refractivity (Wildman–Crippen MR) is 85.4 cm³/mol. The summed E-state index contributed by atoms with van der Waals surface area (Å²) in [6.07, 6.45) is 0. The first-order valence-electron chi connectivity index (χ1n) is 7.01. The van der Waals surface area contributed by atoms with Gasteiger partial charge in [-0.05, 0) is 31.5 Å². The fourth-order valence-electron chi connectivity index (χ4n) is 2.17. The first kappa shape index (κ1) is 15.9. The van der Waals surface area contributed by atoms with Crippen molar-refractivity contribution in [2.75, 3.05) is 12.1 Å². The molecule has 0 aromatic heterocycles. The third-order valence-corrected chi connectivity index (χ3v) is 3.34.